The lowest BCUT2D eigenvalue weighted by Crippen LogP contribution is -2.28. The Labute approximate surface area is 89.9 Å². The SMILES string of the molecule is CN1c2cccc(F)c2CC1CCCN. The van der Waals surface area contributed by atoms with E-state index < -0.39 is 0 Å². The molecule has 0 saturated carbocycles. The van der Waals surface area contributed by atoms with Gasteiger partial charge in [0, 0.05) is 24.3 Å². The predicted molar refractivity (Wildman–Crippen MR) is 60.6 cm³/mol. The molecule has 0 saturated heterocycles. The van der Waals surface area contributed by atoms with Gasteiger partial charge in [0.15, 0.2) is 0 Å². The van der Waals surface area contributed by atoms with Gasteiger partial charge in [-0.15, -0.1) is 0 Å². The molecule has 82 valence electrons. The van der Waals surface area contributed by atoms with Crippen molar-refractivity contribution >= 4 is 5.69 Å². The van der Waals surface area contributed by atoms with E-state index in [1.807, 2.05) is 13.1 Å². The molecule has 1 aromatic carbocycles. The molecule has 2 nitrogen and oxygen atoms in total. The Morgan fingerprint density at radius 1 is 1.53 bits per heavy atom. The van der Waals surface area contributed by atoms with Crippen LogP contribution < -0.4 is 10.6 Å². The van der Waals surface area contributed by atoms with E-state index in [2.05, 4.69) is 4.90 Å². The zero-order chi connectivity index (χ0) is 10.8. The summed E-state index contributed by atoms with van der Waals surface area (Å²) in [6, 6.07) is 5.72. The van der Waals surface area contributed by atoms with Gasteiger partial charge in [-0.2, -0.15) is 0 Å². The molecule has 1 atom stereocenters. The number of halogens is 1. The first-order valence-electron chi connectivity index (χ1n) is 5.44. The third-order valence-electron chi connectivity index (χ3n) is 3.20. The quantitative estimate of drug-likeness (QED) is 0.822. The van der Waals surface area contributed by atoms with Gasteiger partial charge in [-0.05, 0) is 37.9 Å². The second kappa shape index (κ2) is 4.19. The fourth-order valence-electron chi connectivity index (χ4n) is 2.30. The van der Waals surface area contributed by atoms with Crippen molar-refractivity contribution in [3.05, 3.63) is 29.6 Å². The molecule has 0 aromatic heterocycles. The van der Waals surface area contributed by atoms with Gasteiger partial charge in [-0.3, -0.25) is 0 Å². The summed E-state index contributed by atoms with van der Waals surface area (Å²) in [4.78, 5) is 2.17. The van der Waals surface area contributed by atoms with Crippen LogP contribution in [0, 0.1) is 5.82 Å². The van der Waals surface area contributed by atoms with Crippen LogP contribution in [0.1, 0.15) is 18.4 Å². The highest BCUT2D eigenvalue weighted by atomic mass is 19.1. The number of rotatable bonds is 3. The number of hydrogen-bond donors (Lipinski definition) is 1. The van der Waals surface area contributed by atoms with E-state index in [1.165, 1.54) is 6.07 Å². The van der Waals surface area contributed by atoms with Gasteiger partial charge in [0.2, 0.25) is 0 Å². The standard InChI is InChI=1S/C12H17FN2/c1-15-9(4-3-7-14)8-10-11(13)5-2-6-12(10)15/h2,5-6,9H,3-4,7-8,14H2,1H3. The number of likely N-dealkylation sites (N-methyl/N-ethyl adjacent to an activating group) is 1. The number of nitrogens with two attached hydrogens (primary N) is 1. The Kier molecular flexibility index (Phi) is 2.91. The minimum absolute atomic E-state index is 0.0744. The van der Waals surface area contributed by atoms with Gasteiger partial charge in [0.25, 0.3) is 0 Å². The first-order valence-corrected chi connectivity index (χ1v) is 5.44. The summed E-state index contributed by atoms with van der Waals surface area (Å²) in [5.41, 5.74) is 7.40. The third-order valence-corrected chi connectivity index (χ3v) is 3.20. The van der Waals surface area contributed by atoms with Crippen molar-refractivity contribution in [2.45, 2.75) is 25.3 Å². The second-order valence-corrected chi connectivity index (χ2v) is 4.14. The van der Waals surface area contributed by atoms with Crippen LogP contribution in [0.15, 0.2) is 18.2 Å². The maximum atomic E-state index is 13.5. The molecule has 15 heavy (non-hydrogen) atoms. The van der Waals surface area contributed by atoms with Crippen molar-refractivity contribution < 1.29 is 4.39 Å². The lowest BCUT2D eigenvalue weighted by Gasteiger charge is -2.22. The number of fused-ring (bicyclic) bond motifs is 1. The molecule has 1 aliphatic heterocycles. The highest BCUT2D eigenvalue weighted by molar-refractivity contribution is 5.59. The third kappa shape index (κ3) is 1.84. The molecular formula is C12H17FN2. The molecule has 0 bridgehead atoms. The van der Waals surface area contributed by atoms with Gasteiger partial charge < -0.3 is 10.6 Å². The Morgan fingerprint density at radius 3 is 3.00 bits per heavy atom. The summed E-state index contributed by atoms with van der Waals surface area (Å²) in [6.45, 7) is 0.711. The molecule has 1 heterocycles. The molecule has 2 N–H and O–H groups in total. The fraction of sp³-hybridized carbons (Fsp3) is 0.500. The van der Waals surface area contributed by atoms with Crippen molar-refractivity contribution in [2.75, 3.05) is 18.5 Å². The van der Waals surface area contributed by atoms with Gasteiger partial charge in [0.05, 0.1) is 0 Å². The summed E-state index contributed by atoms with van der Waals surface area (Å²) < 4.78 is 13.5. The van der Waals surface area contributed by atoms with E-state index >= 15 is 0 Å². The molecule has 0 radical (unpaired) electrons. The molecule has 3 heteroatoms. The van der Waals surface area contributed by atoms with Crippen LogP contribution in [0.2, 0.25) is 0 Å². The largest absolute Gasteiger partial charge is 0.371 e. The Hall–Kier alpha value is -1.09. The predicted octanol–water partition coefficient (Wildman–Crippen LogP) is 1.93. The van der Waals surface area contributed by atoms with Crippen molar-refractivity contribution in [1.29, 1.82) is 0 Å². The molecule has 0 fully saturated rings. The van der Waals surface area contributed by atoms with Crippen LogP contribution in [0.3, 0.4) is 0 Å². The van der Waals surface area contributed by atoms with E-state index in [9.17, 15) is 4.39 Å². The monoisotopic (exact) mass is 208 g/mol. The molecule has 1 aliphatic rings. The maximum Gasteiger partial charge on any atom is 0.128 e. The molecular weight excluding hydrogens is 191 g/mol. The maximum absolute atomic E-state index is 13.5. The average molecular weight is 208 g/mol. The van der Waals surface area contributed by atoms with E-state index in [4.69, 9.17) is 5.73 Å². The normalized spacial score (nSPS) is 19.4. The zero-order valence-corrected chi connectivity index (χ0v) is 9.04. The summed E-state index contributed by atoms with van der Waals surface area (Å²) in [6.07, 6.45) is 2.87. The van der Waals surface area contributed by atoms with Crippen molar-refractivity contribution in [3.8, 4) is 0 Å². The summed E-state index contributed by atoms with van der Waals surface area (Å²) >= 11 is 0. The van der Waals surface area contributed by atoms with Crippen molar-refractivity contribution in [1.82, 2.24) is 0 Å². The Morgan fingerprint density at radius 2 is 2.33 bits per heavy atom. The van der Waals surface area contributed by atoms with Gasteiger partial charge in [-0.1, -0.05) is 6.07 Å². The fourth-order valence-corrected chi connectivity index (χ4v) is 2.30. The molecule has 0 amide bonds. The van der Waals surface area contributed by atoms with Gasteiger partial charge in [0.1, 0.15) is 5.82 Å². The summed E-state index contributed by atoms with van der Waals surface area (Å²) in [5, 5.41) is 0. The molecule has 0 spiro atoms. The highest BCUT2D eigenvalue weighted by Crippen LogP contribution is 2.33. The van der Waals surface area contributed by atoms with Crippen LogP contribution in [0.25, 0.3) is 0 Å². The number of nitrogens with zero attached hydrogens (tertiary/aromatic N) is 1. The first-order chi connectivity index (χ1) is 7.24. The van der Waals surface area contributed by atoms with E-state index in [0.29, 0.717) is 12.6 Å². The van der Waals surface area contributed by atoms with Gasteiger partial charge >= 0.3 is 0 Å². The molecule has 2 rings (SSSR count). The number of benzene rings is 1. The average Bonchev–Trinajstić information content (AvgIpc) is 2.55. The van der Waals surface area contributed by atoms with Crippen LogP contribution in [-0.4, -0.2) is 19.6 Å². The molecule has 1 unspecified atom stereocenters. The lowest BCUT2D eigenvalue weighted by molar-refractivity contribution is 0.568. The second-order valence-electron chi connectivity index (χ2n) is 4.14. The lowest BCUT2D eigenvalue weighted by atomic mass is 10.1. The first kappa shape index (κ1) is 10.4. The van der Waals surface area contributed by atoms with E-state index in [0.717, 1.165) is 30.5 Å². The van der Waals surface area contributed by atoms with Crippen molar-refractivity contribution in [3.63, 3.8) is 0 Å². The Balaban J connectivity index is 2.18. The smallest absolute Gasteiger partial charge is 0.128 e. The van der Waals surface area contributed by atoms with Crippen molar-refractivity contribution in [2.24, 2.45) is 5.73 Å². The summed E-state index contributed by atoms with van der Waals surface area (Å²) in [7, 11) is 2.03. The molecule has 0 aliphatic carbocycles. The number of hydrogen-bond acceptors (Lipinski definition) is 2. The summed E-state index contributed by atoms with van der Waals surface area (Å²) in [5.74, 6) is -0.0744. The Bertz CT molecular complexity index is 351. The topological polar surface area (TPSA) is 29.3 Å². The highest BCUT2D eigenvalue weighted by Gasteiger charge is 2.27. The van der Waals surface area contributed by atoms with Crippen LogP contribution in [0.5, 0.6) is 0 Å². The van der Waals surface area contributed by atoms with Crippen LogP contribution >= 0.6 is 0 Å². The number of anilines is 1. The minimum Gasteiger partial charge on any atom is -0.371 e. The molecule has 1 aromatic rings. The van der Waals surface area contributed by atoms with Crippen LogP contribution in [0.4, 0.5) is 10.1 Å². The van der Waals surface area contributed by atoms with Crippen LogP contribution in [-0.2, 0) is 6.42 Å². The van der Waals surface area contributed by atoms with E-state index in [1.54, 1.807) is 6.07 Å². The zero-order valence-electron chi connectivity index (χ0n) is 9.04. The van der Waals surface area contributed by atoms with Gasteiger partial charge in [-0.25, -0.2) is 4.39 Å². The van der Waals surface area contributed by atoms with E-state index in [-0.39, 0.29) is 5.82 Å². The minimum atomic E-state index is -0.0744.